The first-order valence-corrected chi connectivity index (χ1v) is 11.0. The summed E-state index contributed by atoms with van der Waals surface area (Å²) in [5, 5.41) is 14.3. The summed E-state index contributed by atoms with van der Waals surface area (Å²) in [6.07, 6.45) is 2.47. The van der Waals surface area contributed by atoms with Gasteiger partial charge >= 0.3 is 0 Å². The fourth-order valence-corrected chi connectivity index (χ4v) is 4.44. The van der Waals surface area contributed by atoms with Crippen LogP contribution in [0.4, 0.5) is 20.3 Å². The fraction of sp³-hybridized carbons (Fsp3) is 0.476. The third kappa shape index (κ3) is 4.77. The average molecular weight is 433 g/mol. The van der Waals surface area contributed by atoms with Gasteiger partial charge in [0.2, 0.25) is 5.92 Å². The Labute approximate surface area is 178 Å². The highest BCUT2D eigenvalue weighted by atomic mass is 32.1. The number of thiazole rings is 1. The minimum absolute atomic E-state index is 0.0166. The van der Waals surface area contributed by atoms with Gasteiger partial charge in [-0.3, -0.25) is 0 Å². The third-order valence-electron chi connectivity index (χ3n) is 5.31. The van der Waals surface area contributed by atoms with Crippen LogP contribution in [0.1, 0.15) is 55.0 Å². The second kappa shape index (κ2) is 8.29. The summed E-state index contributed by atoms with van der Waals surface area (Å²) in [4.78, 5) is 9.10. The number of alkyl halides is 2. The number of aryl methyl sites for hydroxylation is 2. The summed E-state index contributed by atoms with van der Waals surface area (Å²) < 4.78 is 28.8. The van der Waals surface area contributed by atoms with Crippen molar-refractivity contribution in [1.82, 2.24) is 19.7 Å². The Hall–Kier alpha value is -2.55. The van der Waals surface area contributed by atoms with E-state index in [-0.39, 0.29) is 24.9 Å². The molecule has 9 heteroatoms. The first kappa shape index (κ1) is 20.7. The van der Waals surface area contributed by atoms with Gasteiger partial charge in [0.15, 0.2) is 5.82 Å². The zero-order chi connectivity index (χ0) is 21.3. The average Bonchev–Trinajstić information content (AvgIpc) is 3.33. The first-order valence-electron chi connectivity index (χ1n) is 10.1. The molecule has 4 rings (SSSR count). The number of pyridine rings is 1. The molecule has 0 amide bonds. The second-order valence-corrected chi connectivity index (χ2v) is 8.88. The molecule has 0 spiro atoms. The van der Waals surface area contributed by atoms with Crippen LogP contribution in [-0.4, -0.2) is 31.7 Å². The topological polar surface area (TPSA) is 67.7 Å². The molecule has 2 N–H and O–H groups in total. The van der Waals surface area contributed by atoms with E-state index >= 15 is 0 Å². The smallest absolute Gasteiger partial charge is 0.248 e. The summed E-state index contributed by atoms with van der Waals surface area (Å²) in [6, 6.07) is 5.88. The molecule has 30 heavy (non-hydrogen) atoms. The maximum atomic E-state index is 13.5. The van der Waals surface area contributed by atoms with Crippen molar-refractivity contribution in [3.63, 3.8) is 0 Å². The summed E-state index contributed by atoms with van der Waals surface area (Å²) in [7, 11) is 0. The molecule has 6 nitrogen and oxygen atoms in total. The Morgan fingerprint density at radius 2 is 1.97 bits per heavy atom. The molecule has 3 heterocycles. The summed E-state index contributed by atoms with van der Waals surface area (Å²) in [5.74, 6) is -1.21. The number of halogens is 2. The van der Waals surface area contributed by atoms with Gasteiger partial charge < -0.3 is 10.6 Å². The molecule has 3 aromatic heterocycles. The van der Waals surface area contributed by atoms with Gasteiger partial charge in [-0.05, 0) is 39.7 Å². The van der Waals surface area contributed by atoms with Crippen molar-refractivity contribution in [2.75, 3.05) is 10.6 Å². The Kier molecular flexibility index (Phi) is 5.73. The summed E-state index contributed by atoms with van der Waals surface area (Å²) in [6.45, 7) is 5.98. The van der Waals surface area contributed by atoms with Crippen molar-refractivity contribution in [1.29, 1.82) is 0 Å². The predicted octanol–water partition coefficient (Wildman–Crippen LogP) is 5.50. The molecule has 160 valence electrons. The van der Waals surface area contributed by atoms with Crippen molar-refractivity contribution >= 4 is 22.8 Å². The number of aromatic nitrogens is 4. The van der Waals surface area contributed by atoms with E-state index in [1.54, 1.807) is 22.2 Å². The molecule has 0 radical (unpaired) electrons. The Bertz CT molecular complexity index is 991. The molecule has 1 aliphatic carbocycles. The van der Waals surface area contributed by atoms with E-state index in [2.05, 4.69) is 27.6 Å². The number of rotatable bonds is 6. The van der Waals surface area contributed by atoms with Gasteiger partial charge in [-0.1, -0.05) is 0 Å². The third-order valence-corrected chi connectivity index (χ3v) is 6.27. The number of hydrogen-bond acceptors (Lipinski definition) is 6. The maximum Gasteiger partial charge on any atom is 0.248 e. The second-order valence-electron chi connectivity index (χ2n) is 7.95. The number of nitrogens with zero attached hydrogens (tertiary/aromatic N) is 4. The van der Waals surface area contributed by atoms with Crippen molar-refractivity contribution in [3.8, 4) is 5.82 Å². The van der Waals surface area contributed by atoms with Crippen LogP contribution in [0.3, 0.4) is 0 Å². The lowest BCUT2D eigenvalue weighted by molar-refractivity contribution is -0.0361. The zero-order valence-electron chi connectivity index (χ0n) is 17.3. The lowest BCUT2D eigenvalue weighted by Crippen LogP contribution is -2.32. The van der Waals surface area contributed by atoms with Crippen molar-refractivity contribution in [2.45, 2.75) is 64.5 Å². The largest absolute Gasteiger partial charge is 0.376 e. The van der Waals surface area contributed by atoms with Gasteiger partial charge in [0.05, 0.1) is 11.7 Å². The van der Waals surface area contributed by atoms with Crippen LogP contribution in [-0.2, 0) is 0 Å². The molecule has 0 aliphatic heterocycles. The maximum absolute atomic E-state index is 13.5. The van der Waals surface area contributed by atoms with E-state index in [1.165, 1.54) is 0 Å². The molecule has 1 fully saturated rings. The van der Waals surface area contributed by atoms with Crippen molar-refractivity contribution in [3.05, 3.63) is 46.2 Å². The van der Waals surface area contributed by atoms with Crippen LogP contribution in [0.25, 0.3) is 5.82 Å². The molecule has 0 aromatic carbocycles. The number of anilines is 2. The molecule has 1 aliphatic rings. The molecule has 1 saturated carbocycles. The Balaban J connectivity index is 1.61. The Morgan fingerprint density at radius 1 is 1.20 bits per heavy atom. The molecular weight excluding hydrogens is 406 g/mol. The highest BCUT2D eigenvalue weighted by Crippen LogP contribution is 2.34. The SMILES string of the molecule is Cc1cc(C)n(-c2cc(NC(C)c3nccs3)cc(NC3CCC(F)(F)CC3)n2)n1. The first-order chi connectivity index (χ1) is 14.3. The summed E-state index contributed by atoms with van der Waals surface area (Å²) >= 11 is 1.60. The van der Waals surface area contributed by atoms with Gasteiger partial charge in [-0.15, -0.1) is 11.3 Å². The van der Waals surface area contributed by atoms with Crippen LogP contribution in [0.5, 0.6) is 0 Å². The zero-order valence-corrected chi connectivity index (χ0v) is 18.1. The normalized spacial score (nSPS) is 17.6. The number of nitrogens with one attached hydrogen (secondary N) is 2. The van der Waals surface area contributed by atoms with Gasteiger partial charge in [-0.2, -0.15) is 5.10 Å². The highest BCUT2D eigenvalue weighted by molar-refractivity contribution is 7.09. The molecule has 0 bridgehead atoms. The quantitative estimate of drug-likeness (QED) is 0.538. The summed E-state index contributed by atoms with van der Waals surface area (Å²) in [5.41, 5.74) is 2.76. The van der Waals surface area contributed by atoms with Gasteiger partial charge in [0.1, 0.15) is 10.8 Å². The van der Waals surface area contributed by atoms with E-state index < -0.39 is 5.92 Å². The van der Waals surface area contributed by atoms with Crippen molar-refractivity contribution < 1.29 is 8.78 Å². The molecular formula is C21H26F2N6S. The van der Waals surface area contributed by atoms with Crippen molar-refractivity contribution in [2.24, 2.45) is 0 Å². The van der Waals surface area contributed by atoms with E-state index in [4.69, 9.17) is 4.98 Å². The lowest BCUT2D eigenvalue weighted by atomic mass is 9.92. The minimum Gasteiger partial charge on any atom is -0.376 e. The van der Waals surface area contributed by atoms with E-state index in [1.807, 2.05) is 37.4 Å². The Morgan fingerprint density at radius 3 is 2.60 bits per heavy atom. The number of hydrogen-bond donors (Lipinski definition) is 2. The predicted molar refractivity (Wildman–Crippen MR) is 116 cm³/mol. The molecule has 1 unspecified atom stereocenters. The minimum atomic E-state index is -2.55. The van der Waals surface area contributed by atoms with Crippen LogP contribution >= 0.6 is 11.3 Å². The lowest BCUT2D eigenvalue weighted by Gasteiger charge is -2.29. The van der Waals surface area contributed by atoms with Gasteiger partial charge in [0.25, 0.3) is 0 Å². The standard InChI is InChI=1S/C21H26F2N6S/c1-13-10-14(2)29(28-13)19-12-17(25-15(3)20-24-8-9-30-20)11-18(27-19)26-16-4-6-21(22,23)7-5-16/h8-12,15-16H,4-7H2,1-3H3,(H2,25,26,27). The van der Waals surface area contributed by atoms with Crippen LogP contribution < -0.4 is 10.6 Å². The van der Waals surface area contributed by atoms with E-state index in [9.17, 15) is 8.78 Å². The van der Waals surface area contributed by atoms with E-state index in [0.29, 0.717) is 24.5 Å². The molecule has 3 aromatic rings. The van der Waals surface area contributed by atoms with Crippen LogP contribution in [0, 0.1) is 13.8 Å². The fourth-order valence-electron chi connectivity index (χ4n) is 3.80. The van der Waals surface area contributed by atoms with E-state index in [0.717, 1.165) is 22.1 Å². The van der Waals surface area contributed by atoms with Gasteiger partial charge in [0, 0.05) is 54.0 Å². The molecule has 0 saturated heterocycles. The van der Waals surface area contributed by atoms with Crippen LogP contribution in [0.2, 0.25) is 0 Å². The van der Waals surface area contributed by atoms with Gasteiger partial charge in [-0.25, -0.2) is 23.4 Å². The highest BCUT2D eigenvalue weighted by Gasteiger charge is 2.35. The monoisotopic (exact) mass is 432 g/mol. The molecule has 1 atom stereocenters. The van der Waals surface area contributed by atoms with Crippen LogP contribution in [0.15, 0.2) is 29.8 Å².